The molecule has 1 aliphatic rings. The van der Waals surface area contributed by atoms with Crippen LogP contribution in [0.15, 0.2) is 0 Å². The molecule has 6 heteroatoms. The van der Waals surface area contributed by atoms with Crippen LogP contribution in [0, 0.1) is 5.92 Å². The number of hydrogen-bond donors (Lipinski definition) is 1. The average Bonchev–Trinajstić information content (AvgIpc) is 2.75. The third-order valence-corrected chi connectivity index (χ3v) is 4.81. The molecule has 1 aliphatic carbocycles. The van der Waals surface area contributed by atoms with Gasteiger partial charge in [0.15, 0.2) is 0 Å². The van der Waals surface area contributed by atoms with Gasteiger partial charge in [-0.1, -0.05) is 6.92 Å². The number of fused-ring (bicyclic) bond motifs is 1. The Morgan fingerprint density at radius 3 is 2.90 bits per heavy atom. The van der Waals surface area contributed by atoms with Crippen molar-refractivity contribution < 1.29 is 14.3 Å². The van der Waals surface area contributed by atoms with Crippen molar-refractivity contribution in [2.75, 3.05) is 17.8 Å². The zero-order valence-electron chi connectivity index (χ0n) is 11.6. The highest BCUT2D eigenvalue weighted by molar-refractivity contribution is 7.17. The van der Waals surface area contributed by atoms with E-state index < -0.39 is 0 Å². The van der Waals surface area contributed by atoms with E-state index in [0.29, 0.717) is 23.1 Å². The number of esters is 1. The first-order valence-electron chi connectivity index (χ1n) is 6.74. The van der Waals surface area contributed by atoms with E-state index in [4.69, 9.17) is 16.3 Å². The van der Waals surface area contributed by atoms with Gasteiger partial charge in [0.1, 0.15) is 10.9 Å². The van der Waals surface area contributed by atoms with E-state index in [9.17, 15) is 9.59 Å². The Morgan fingerprint density at radius 2 is 2.25 bits per heavy atom. The van der Waals surface area contributed by atoms with Gasteiger partial charge in [0.25, 0.3) is 0 Å². The summed E-state index contributed by atoms with van der Waals surface area (Å²) >= 11 is 6.99. The van der Waals surface area contributed by atoms with E-state index in [2.05, 4.69) is 12.2 Å². The lowest BCUT2D eigenvalue weighted by Gasteiger charge is -2.18. The second-order valence-electron chi connectivity index (χ2n) is 4.96. The number of ether oxygens (including phenoxy) is 1. The highest BCUT2D eigenvalue weighted by Crippen LogP contribution is 2.40. The Labute approximate surface area is 127 Å². The molecule has 0 saturated heterocycles. The van der Waals surface area contributed by atoms with Crippen LogP contribution in [-0.2, 0) is 22.4 Å². The molecule has 2 rings (SSSR count). The maximum atomic E-state index is 12.2. The van der Waals surface area contributed by atoms with Gasteiger partial charge in [0.05, 0.1) is 12.2 Å². The monoisotopic (exact) mass is 315 g/mol. The molecule has 0 bridgehead atoms. The fourth-order valence-corrected chi connectivity index (χ4v) is 3.74. The number of nitrogens with one attached hydrogen (secondary N) is 1. The van der Waals surface area contributed by atoms with Crippen molar-refractivity contribution in [3.05, 3.63) is 16.0 Å². The summed E-state index contributed by atoms with van der Waals surface area (Å²) in [5.41, 5.74) is 1.56. The summed E-state index contributed by atoms with van der Waals surface area (Å²) in [5.74, 6) is -0.240. The molecule has 20 heavy (non-hydrogen) atoms. The van der Waals surface area contributed by atoms with Gasteiger partial charge >= 0.3 is 5.97 Å². The minimum absolute atomic E-state index is 0.124. The Hall–Kier alpha value is -1.07. The summed E-state index contributed by atoms with van der Waals surface area (Å²) in [5, 5.41) is 3.30. The summed E-state index contributed by atoms with van der Waals surface area (Å²) in [7, 11) is 0. The first kappa shape index (κ1) is 15.3. The second-order valence-corrected chi connectivity index (χ2v) is 6.33. The third kappa shape index (κ3) is 3.15. The molecule has 1 amide bonds. The normalized spacial score (nSPS) is 17.4. The fourth-order valence-electron chi connectivity index (χ4n) is 2.43. The first-order chi connectivity index (χ1) is 9.56. The lowest BCUT2D eigenvalue weighted by molar-refractivity contribution is -0.113. The largest absolute Gasteiger partial charge is 0.462 e. The number of anilines is 1. The molecule has 0 radical (unpaired) electrons. The predicted octanol–water partition coefficient (Wildman–Crippen LogP) is 3.23. The maximum absolute atomic E-state index is 12.2. The number of thiophene rings is 1. The number of alkyl halides is 1. The Bertz CT molecular complexity index is 527. The van der Waals surface area contributed by atoms with E-state index in [-0.39, 0.29) is 17.8 Å². The second kappa shape index (κ2) is 6.59. The summed E-state index contributed by atoms with van der Waals surface area (Å²) < 4.78 is 5.13. The fraction of sp³-hybridized carbons (Fsp3) is 0.571. The van der Waals surface area contributed by atoms with Crippen molar-refractivity contribution in [2.24, 2.45) is 5.92 Å². The van der Waals surface area contributed by atoms with Crippen molar-refractivity contribution >= 4 is 39.8 Å². The zero-order valence-corrected chi connectivity index (χ0v) is 13.2. The molecular formula is C14H18ClNO3S. The SMILES string of the molecule is CCOC(=O)c1c(NC(=O)CCl)sc2c1CC(C)CC2. The van der Waals surface area contributed by atoms with Gasteiger partial charge in [-0.2, -0.15) is 0 Å². The maximum Gasteiger partial charge on any atom is 0.341 e. The van der Waals surface area contributed by atoms with Crippen LogP contribution in [0.5, 0.6) is 0 Å². The topological polar surface area (TPSA) is 55.4 Å². The molecule has 4 nitrogen and oxygen atoms in total. The van der Waals surface area contributed by atoms with Gasteiger partial charge < -0.3 is 10.1 Å². The molecule has 110 valence electrons. The summed E-state index contributed by atoms with van der Waals surface area (Å²) in [4.78, 5) is 24.9. The molecule has 0 fully saturated rings. The van der Waals surface area contributed by atoms with Gasteiger partial charge in [-0.25, -0.2) is 4.79 Å². The molecule has 0 aliphatic heterocycles. The van der Waals surface area contributed by atoms with Crippen molar-refractivity contribution in [3.8, 4) is 0 Å². The molecule has 0 saturated carbocycles. The number of amides is 1. The zero-order chi connectivity index (χ0) is 14.7. The minimum Gasteiger partial charge on any atom is -0.462 e. The number of carbonyl (C=O) groups excluding carboxylic acids is 2. The molecule has 0 aromatic carbocycles. The summed E-state index contributed by atoms with van der Waals surface area (Å²) in [6, 6.07) is 0. The van der Waals surface area contributed by atoms with Crippen LogP contribution in [-0.4, -0.2) is 24.4 Å². The van der Waals surface area contributed by atoms with Crippen LogP contribution in [0.1, 0.15) is 41.1 Å². The van der Waals surface area contributed by atoms with Crippen molar-refractivity contribution in [1.29, 1.82) is 0 Å². The van der Waals surface area contributed by atoms with Crippen LogP contribution in [0.3, 0.4) is 0 Å². The number of carbonyl (C=O) groups is 2. The lowest BCUT2D eigenvalue weighted by Crippen LogP contribution is -2.17. The van der Waals surface area contributed by atoms with Gasteiger partial charge in [0.2, 0.25) is 5.91 Å². The van der Waals surface area contributed by atoms with Crippen LogP contribution in [0.25, 0.3) is 0 Å². The van der Waals surface area contributed by atoms with Crippen LogP contribution in [0.4, 0.5) is 5.00 Å². The number of aryl methyl sites for hydroxylation is 1. The first-order valence-corrected chi connectivity index (χ1v) is 8.09. The van der Waals surface area contributed by atoms with E-state index in [1.54, 1.807) is 6.92 Å². The predicted molar refractivity (Wildman–Crippen MR) is 80.8 cm³/mol. The van der Waals surface area contributed by atoms with E-state index >= 15 is 0 Å². The third-order valence-electron chi connectivity index (χ3n) is 3.36. The number of halogens is 1. The van der Waals surface area contributed by atoms with Gasteiger partial charge in [-0.05, 0) is 37.7 Å². The van der Waals surface area contributed by atoms with E-state index in [1.807, 2.05) is 0 Å². The Balaban J connectivity index is 2.40. The Kier molecular flexibility index (Phi) is 5.05. The molecule has 1 unspecified atom stereocenters. The highest BCUT2D eigenvalue weighted by Gasteiger charge is 2.29. The van der Waals surface area contributed by atoms with Gasteiger partial charge in [0, 0.05) is 4.88 Å². The molecule has 1 heterocycles. The van der Waals surface area contributed by atoms with Crippen molar-refractivity contribution in [1.82, 2.24) is 0 Å². The quantitative estimate of drug-likeness (QED) is 0.685. The van der Waals surface area contributed by atoms with Gasteiger partial charge in [-0.3, -0.25) is 4.79 Å². The molecule has 0 spiro atoms. The standard InChI is InChI=1S/C14H18ClNO3S/c1-3-19-14(18)12-9-6-8(2)4-5-10(9)20-13(12)16-11(17)7-15/h8H,3-7H2,1-2H3,(H,16,17). The van der Waals surface area contributed by atoms with Gasteiger partial charge in [-0.15, -0.1) is 22.9 Å². The molecule has 1 aromatic rings. The summed E-state index contributed by atoms with van der Waals surface area (Å²) in [6.07, 6.45) is 2.92. The number of rotatable bonds is 4. The Morgan fingerprint density at radius 1 is 1.50 bits per heavy atom. The molecule has 1 atom stereocenters. The van der Waals surface area contributed by atoms with E-state index in [0.717, 1.165) is 24.8 Å². The number of hydrogen-bond acceptors (Lipinski definition) is 4. The van der Waals surface area contributed by atoms with Crippen molar-refractivity contribution in [2.45, 2.75) is 33.1 Å². The minimum atomic E-state index is -0.357. The van der Waals surface area contributed by atoms with Crippen molar-refractivity contribution in [3.63, 3.8) is 0 Å². The highest BCUT2D eigenvalue weighted by atomic mass is 35.5. The smallest absolute Gasteiger partial charge is 0.341 e. The molecular weight excluding hydrogens is 298 g/mol. The van der Waals surface area contributed by atoms with Crippen LogP contribution in [0.2, 0.25) is 0 Å². The van der Waals surface area contributed by atoms with E-state index in [1.165, 1.54) is 16.2 Å². The lowest BCUT2D eigenvalue weighted by atomic mass is 9.88. The molecule has 1 N–H and O–H groups in total. The van der Waals surface area contributed by atoms with Crippen LogP contribution >= 0.6 is 22.9 Å². The van der Waals surface area contributed by atoms with Crippen LogP contribution < -0.4 is 5.32 Å². The average molecular weight is 316 g/mol. The summed E-state index contributed by atoms with van der Waals surface area (Å²) in [6.45, 7) is 4.27. The molecule has 1 aromatic heterocycles.